The SMILES string of the molecule is COCOc1ccc2c(C)c(N(C)C(=O)c3nc4ccccc4[n+]([O-])c3C)oc2c1. The van der Waals surface area contributed by atoms with E-state index in [1.807, 2.05) is 19.1 Å². The molecule has 4 aromatic rings. The van der Waals surface area contributed by atoms with Crippen molar-refractivity contribution in [2.24, 2.45) is 0 Å². The number of rotatable bonds is 5. The number of carbonyl (C=O) groups excluding carboxylic acids is 1. The lowest BCUT2D eigenvalue weighted by molar-refractivity contribution is -0.584. The zero-order valence-electron chi connectivity index (χ0n) is 17.1. The van der Waals surface area contributed by atoms with Crippen LogP contribution in [0.1, 0.15) is 21.7 Å². The Morgan fingerprint density at radius 2 is 2.00 bits per heavy atom. The number of nitrogens with zero attached hydrogens (tertiary/aromatic N) is 3. The monoisotopic (exact) mass is 407 g/mol. The number of para-hydroxylation sites is 2. The average molecular weight is 407 g/mol. The van der Waals surface area contributed by atoms with Gasteiger partial charge in [-0.2, -0.15) is 4.73 Å². The number of aryl methyl sites for hydroxylation is 1. The van der Waals surface area contributed by atoms with Gasteiger partial charge < -0.3 is 19.1 Å². The van der Waals surface area contributed by atoms with Gasteiger partial charge in [0.1, 0.15) is 16.8 Å². The van der Waals surface area contributed by atoms with Crippen molar-refractivity contribution in [1.29, 1.82) is 0 Å². The Kier molecular flexibility index (Phi) is 5.01. The van der Waals surface area contributed by atoms with Crippen molar-refractivity contribution in [3.05, 3.63) is 64.6 Å². The minimum atomic E-state index is -0.430. The summed E-state index contributed by atoms with van der Waals surface area (Å²) in [6.07, 6.45) is 0. The Hall–Kier alpha value is -3.65. The normalized spacial score (nSPS) is 11.2. The fraction of sp³-hybridized carbons (Fsp3) is 0.227. The molecule has 0 bridgehead atoms. The summed E-state index contributed by atoms with van der Waals surface area (Å²) in [5.74, 6) is 0.546. The maximum absolute atomic E-state index is 13.2. The lowest BCUT2D eigenvalue weighted by Crippen LogP contribution is -2.37. The summed E-state index contributed by atoms with van der Waals surface area (Å²) in [7, 11) is 3.14. The molecule has 2 aromatic heterocycles. The van der Waals surface area contributed by atoms with Crippen LogP contribution in [0.25, 0.3) is 22.0 Å². The van der Waals surface area contributed by atoms with Gasteiger partial charge in [0, 0.05) is 44.2 Å². The molecule has 8 nitrogen and oxygen atoms in total. The van der Waals surface area contributed by atoms with Gasteiger partial charge in [-0.25, -0.2) is 4.98 Å². The summed E-state index contributed by atoms with van der Waals surface area (Å²) in [4.78, 5) is 19.0. The predicted octanol–water partition coefficient (Wildman–Crippen LogP) is 3.49. The number of hydrogen-bond acceptors (Lipinski definition) is 6. The van der Waals surface area contributed by atoms with Crippen molar-refractivity contribution in [1.82, 2.24) is 4.98 Å². The van der Waals surface area contributed by atoms with Crippen LogP contribution in [0, 0.1) is 19.1 Å². The highest BCUT2D eigenvalue weighted by atomic mass is 16.7. The molecule has 4 rings (SSSR count). The molecule has 0 radical (unpaired) electrons. The van der Waals surface area contributed by atoms with Crippen LogP contribution in [0.2, 0.25) is 0 Å². The van der Waals surface area contributed by atoms with Gasteiger partial charge in [-0.15, -0.1) is 0 Å². The quantitative estimate of drug-likeness (QED) is 0.286. The Morgan fingerprint density at radius 3 is 2.77 bits per heavy atom. The first-order valence-electron chi connectivity index (χ1n) is 9.34. The van der Waals surface area contributed by atoms with Gasteiger partial charge >= 0.3 is 0 Å². The third-order valence-electron chi connectivity index (χ3n) is 5.02. The van der Waals surface area contributed by atoms with Crippen LogP contribution >= 0.6 is 0 Å². The van der Waals surface area contributed by atoms with E-state index < -0.39 is 5.91 Å². The largest absolute Gasteiger partial charge is 0.618 e. The highest BCUT2D eigenvalue weighted by Gasteiger charge is 2.27. The van der Waals surface area contributed by atoms with Gasteiger partial charge in [-0.3, -0.25) is 9.69 Å². The zero-order valence-corrected chi connectivity index (χ0v) is 17.1. The lowest BCUT2D eigenvalue weighted by atomic mass is 10.1. The fourth-order valence-corrected chi connectivity index (χ4v) is 3.39. The zero-order chi connectivity index (χ0) is 21.4. The summed E-state index contributed by atoms with van der Waals surface area (Å²) < 4.78 is 17.0. The number of methoxy groups -OCH3 is 1. The molecule has 0 aliphatic heterocycles. The second-order valence-electron chi connectivity index (χ2n) is 6.93. The highest BCUT2D eigenvalue weighted by molar-refractivity contribution is 6.06. The van der Waals surface area contributed by atoms with E-state index in [1.165, 1.54) is 4.90 Å². The molecule has 0 spiro atoms. The number of benzene rings is 2. The van der Waals surface area contributed by atoms with E-state index in [0.717, 1.165) is 15.7 Å². The molecular weight excluding hydrogens is 386 g/mol. The van der Waals surface area contributed by atoms with E-state index in [9.17, 15) is 10.0 Å². The van der Waals surface area contributed by atoms with Gasteiger partial charge in [0.25, 0.3) is 5.91 Å². The highest BCUT2D eigenvalue weighted by Crippen LogP contribution is 2.34. The standard InChI is InChI=1S/C22H21N3O5/c1-13-16-10-9-15(29-12-28-4)11-19(16)30-22(13)24(3)21(26)20-14(2)25(27)18-8-6-5-7-17(18)23-20/h5-11H,12H2,1-4H3. The van der Waals surface area contributed by atoms with E-state index in [-0.39, 0.29) is 18.2 Å². The molecule has 8 heteroatoms. The summed E-state index contributed by atoms with van der Waals surface area (Å²) in [6, 6.07) is 12.3. The molecule has 0 aliphatic carbocycles. The predicted molar refractivity (Wildman–Crippen MR) is 112 cm³/mol. The number of ether oxygens (including phenoxy) is 2. The van der Waals surface area contributed by atoms with E-state index in [2.05, 4.69) is 4.98 Å². The lowest BCUT2D eigenvalue weighted by Gasteiger charge is -2.16. The first kappa shape index (κ1) is 19.7. The minimum absolute atomic E-state index is 0.0789. The summed E-state index contributed by atoms with van der Waals surface area (Å²) >= 11 is 0. The van der Waals surface area contributed by atoms with Crippen LogP contribution in [0.15, 0.2) is 46.9 Å². The van der Waals surface area contributed by atoms with Crippen LogP contribution in [0.3, 0.4) is 0 Å². The molecule has 30 heavy (non-hydrogen) atoms. The molecule has 1 amide bonds. The van der Waals surface area contributed by atoms with E-state index >= 15 is 0 Å². The van der Waals surface area contributed by atoms with Crippen LogP contribution in [-0.2, 0) is 4.74 Å². The number of amides is 1. The molecule has 0 unspecified atom stereocenters. The number of aromatic nitrogens is 2. The van der Waals surface area contributed by atoms with Crippen molar-refractivity contribution >= 4 is 33.8 Å². The molecule has 0 N–H and O–H groups in total. The van der Waals surface area contributed by atoms with Crippen LogP contribution in [0.4, 0.5) is 5.88 Å². The topological polar surface area (TPSA) is 91.7 Å². The molecular formula is C22H21N3O5. The van der Waals surface area contributed by atoms with Crippen LogP contribution in [0.5, 0.6) is 5.75 Å². The second-order valence-corrected chi connectivity index (χ2v) is 6.93. The maximum Gasteiger partial charge on any atom is 0.285 e. The van der Waals surface area contributed by atoms with Gasteiger partial charge in [-0.05, 0) is 25.1 Å². The smallest absolute Gasteiger partial charge is 0.285 e. The number of carbonyl (C=O) groups is 1. The number of furan rings is 1. The van der Waals surface area contributed by atoms with E-state index in [0.29, 0.717) is 28.3 Å². The Bertz CT molecular complexity index is 1260. The van der Waals surface area contributed by atoms with Crippen molar-refractivity contribution in [3.63, 3.8) is 0 Å². The molecule has 2 heterocycles. The molecule has 0 aliphatic rings. The van der Waals surface area contributed by atoms with Gasteiger partial charge in [-0.1, -0.05) is 12.1 Å². The van der Waals surface area contributed by atoms with Crippen LogP contribution in [-0.4, -0.2) is 31.8 Å². The third kappa shape index (κ3) is 3.21. The average Bonchev–Trinajstić information content (AvgIpc) is 3.09. The van der Waals surface area contributed by atoms with Crippen molar-refractivity contribution < 1.29 is 23.4 Å². The second kappa shape index (κ2) is 7.64. The van der Waals surface area contributed by atoms with E-state index in [4.69, 9.17) is 13.9 Å². The Balaban J connectivity index is 1.74. The number of hydrogen-bond donors (Lipinski definition) is 0. The molecule has 0 saturated carbocycles. The van der Waals surface area contributed by atoms with Crippen molar-refractivity contribution in [2.75, 3.05) is 25.9 Å². The molecule has 2 aromatic carbocycles. The molecule has 0 fully saturated rings. The molecule has 0 saturated heterocycles. The Labute approximate surface area is 172 Å². The maximum atomic E-state index is 13.2. The van der Waals surface area contributed by atoms with Crippen molar-refractivity contribution in [2.45, 2.75) is 13.8 Å². The third-order valence-corrected chi connectivity index (χ3v) is 5.02. The number of anilines is 1. The summed E-state index contributed by atoms with van der Waals surface area (Å²) in [5.41, 5.74) is 2.56. The fourth-order valence-electron chi connectivity index (χ4n) is 3.39. The summed E-state index contributed by atoms with van der Waals surface area (Å²) in [5, 5.41) is 13.5. The molecule has 0 atom stereocenters. The molecule has 154 valence electrons. The van der Waals surface area contributed by atoms with E-state index in [1.54, 1.807) is 51.4 Å². The number of fused-ring (bicyclic) bond motifs is 2. The minimum Gasteiger partial charge on any atom is -0.618 e. The van der Waals surface area contributed by atoms with Gasteiger partial charge in [0.2, 0.25) is 17.1 Å². The Morgan fingerprint density at radius 1 is 1.23 bits per heavy atom. The van der Waals surface area contributed by atoms with Gasteiger partial charge in [0.05, 0.1) is 0 Å². The first-order valence-corrected chi connectivity index (χ1v) is 9.34. The first-order chi connectivity index (χ1) is 14.4. The van der Waals surface area contributed by atoms with Crippen molar-refractivity contribution in [3.8, 4) is 5.75 Å². The van der Waals surface area contributed by atoms with Crippen LogP contribution < -0.4 is 14.4 Å². The summed E-state index contributed by atoms with van der Waals surface area (Å²) in [6.45, 7) is 3.58. The van der Waals surface area contributed by atoms with Gasteiger partial charge in [0.15, 0.2) is 12.5 Å².